The maximum absolute atomic E-state index is 4.16. The third-order valence-electron chi connectivity index (χ3n) is 1.59. The maximum atomic E-state index is 4.16. The summed E-state index contributed by atoms with van der Waals surface area (Å²) >= 11 is 0. The minimum atomic E-state index is 0. The second-order valence-corrected chi connectivity index (χ2v) is 2.59. The first-order valence-corrected chi connectivity index (χ1v) is 3.75. The van der Waals surface area contributed by atoms with Crippen molar-refractivity contribution < 1.29 is 19.5 Å². The van der Waals surface area contributed by atoms with Gasteiger partial charge in [-0.1, -0.05) is 17.8 Å². The molecule has 0 aliphatic rings. The van der Waals surface area contributed by atoms with Crippen molar-refractivity contribution in [1.29, 1.82) is 0 Å². The third-order valence-corrected chi connectivity index (χ3v) is 1.59. The van der Waals surface area contributed by atoms with Crippen LogP contribution in [0.2, 0.25) is 0 Å². The van der Waals surface area contributed by atoms with Gasteiger partial charge in [-0.3, -0.25) is 4.98 Å². The number of hydrogen-bond donors (Lipinski definition) is 0. The number of aromatic nitrogens is 3. The molecular weight excluding hydrogens is 216 g/mol. The van der Waals surface area contributed by atoms with Crippen LogP contribution in [-0.4, -0.2) is 10.1 Å². The van der Waals surface area contributed by atoms with Crippen LogP contribution in [0.3, 0.4) is 0 Å². The van der Waals surface area contributed by atoms with Gasteiger partial charge < -0.3 is 10.2 Å². The molecule has 0 atom stereocenters. The van der Waals surface area contributed by atoms with Gasteiger partial charge in [0.25, 0.3) is 0 Å². The average molecular weight is 224 g/mol. The van der Waals surface area contributed by atoms with E-state index in [4.69, 9.17) is 0 Å². The molecule has 2 rings (SSSR count). The van der Waals surface area contributed by atoms with Crippen LogP contribution in [-0.2, 0) is 19.5 Å². The summed E-state index contributed by atoms with van der Waals surface area (Å²) in [5.74, 6) is 0. The minimum Gasteiger partial charge on any atom is -0.574 e. The second kappa shape index (κ2) is 4.29. The van der Waals surface area contributed by atoms with Crippen molar-refractivity contribution in [2.45, 2.75) is 6.92 Å². The minimum absolute atomic E-state index is 0. The van der Waals surface area contributed by atoms with Gasteiger partial charge >= 0.3 is 0 Å². The summed E-state index contributed by atoms with van der Waals surface area (Å²) in [6, 6.07) is 7.66. The number of aryl methyl sites for hydroxylation is 1. The van der Waals surface area contributed by atoms with Gasteiger partial charge in [-0.15, -0.1) is 0 Å². The van der Waals surface area contributed by atoms with Gasteiger partial charge in [0.1, 0.15) is 0 Å². The van der Waals surface area contributed by atoms with Crippen LogP contribution in [0.1, 0.15) is 5.69 Å². The van der Waals surface area contributed by atoms with Gasteiger partial charge in [-0.2, -0.15) is 0 Å². The van der Waals surface area contributed by atoms with E-state index in [9.17, 15) is 0 Å². The summed E-state index contributed by atoms with van der Waals surface area (Å²) in [6.07, 6.45) is 1.75. The molecule has 62 valence electrons. The molecule has 0 unspecified atom stereocenters. The second-order valence-electron chi connectivity index (χ2n) is 2.59. The molecule has 4 heteroatoms. The molecule has 0 saturated heterocycles. The van der Waals surface area contributed by atoms with E-state index in [-0.39, 0.29) is 19.5 Å². The standard InChI is InChI=1S/C9H8N3.Zn/c1-7-6-9(12-11-7)8-4-2-3-5-10-8;/h2-6H,1H3;/q-1;. The smallest absolute Gasteiger partial charge is 0.0494 e. The molecule has 13 heavy (non-hydrogen) atoms. The van der Waals surface area contributed by atoms with Crippen molar-refractivity contribution in [3.8, 4) is 11.4 Å². The van der Waals surface area contributed by atoms with E-state index in [1.165, 1.54) is 0 Å². The number of pyridine rings is 1. The zero-order valence-electron chi connectivity index (χ0n) is 7.44. The Morgan fingerprint density at radius 3 is 2.69 bits per heavy atom. The van der Waals surface area contributed by atoms with E-state index in [1.807, 2.05) is 31.2 Å². The van der Waals surface area contributed by atoms with Gasteiger partial charge in [-0.05, 0) is 19.1 Å². The fourth-order valence-corrected chi connectivity index (χ4v) is 1.03. The van der Waals surface area contributed by atoms with Crippen LogP contribution in [0, 0.1) is 6.92 Å². The largest absolute Gasteiger partial charge is 0.574 e. The van der Waals surface area contributed by atoms with Crippen molar-refractivity contribution in [2.75, 3.05) is 0 Å². The Labute approximate surface area is 89.4 Å². The van der Waals surface area contributed by atoms with Gasteiger partial charge in [0.15, 0.2) is 0 Å². The molecule has 0 amide bonds. The molecule has 0 saturated carbocycles. The van der Waals surface area contributed by atoms with Crippen LogP contribution in [0.25, 0.3) is 11.4 Å². The first-order valence-electron chi connectivity index (χ1n) is 3.75. The van der Waals surface area contributed by atoms with Crippen LogP contribution >= 0.6 is 0 Å². The summed E-state index contributed by atoms with van der Waals surface area (Å²) in [7, 11) is 0. The van der Waals surface area contributed by atoms with E-state index >= 15 is 0 Å². The summed E-state index contributed by atoms with van der Waals surface area (Å²) in [5.41, 5.74) is 2.64. The quantitative estimate of drug-likeness (QED) is 0.687. The van der Waals surface area contributed by atoms with Gasteiger partial charge in [-0.25, -0.2) is 0 Å². The van der Waals surface area contributed by atoms with E-state index in [2.05, 4.69) is 15.2 Å². The first kappa shape index (κ1) is 10.1. The number of hydrogen-bond acceptors (Lipinski definition) is 2. The molecule has 0 aliphatic carbocycles. The molecule has 3 nitrogen and oxygen atoms in total. The van der Waals surface area contributed by atoms with E-state index in [0.29, 0.717) is 0 Å². The van der Waals surface area contributed by atoms with Crippen LogP contribution in [0.4, 0.5) is 0 Å². The summed E-state index contributed by atoms with van der Waals surface area (Å²) in [5, 5.41) is 7.88. The SMILES string of the molecule is Cc1cc(-c2ccccn2)[n-]n1.[Zn]. The molecule has 2 aromatic rings. The van der Waals surface area contributed by atoms with Crippen molar-refractivity contribution in [3.63, 3.8) is 0 Å². The van der Waals surface area contributed by atoms with Crippen molar-refractivity contribution in [1.82, 2.24) is 15.2 Å². The molecule has 2 heterocycles. The maximum Gasteiger partial charge on any atom is 0.0494 e. The van der Waals surface area contributed by atoms with Crippen molar-refractivity contribution in [2.24, 2.45) is 0 Å². The zero-order chi connectivity index (χ0) is 8.39. The fourth-order valence-electron chi connectivity index (χ4n) is 1.03. The van der Waals surface area contributed by atoms with Gasteiger partial charge in [0.05, 0.1) is 0 Å². The summed E-state index contributed by atoms with van der Waals surface area (Å²) < 4.78 is 0. The molecule has 2 aromatic heterocycles. The summed E-state index contributed by atoms with van der Waals surface area (Å²) in [4.78, 5) is 4.16. The van der Waals surface area contributed by atoms with Crippen LogP contribution in [0.15, 0.2) is 30.5 Å². The van der Waals surface area contributed by atoms with Crippen molar-refractivity contribution in [3.05, 3.63) is 36.2 Å². The number of rotatable bonds is 1. The predicted molar refractivity (Wildman–Crippen MR) is 45.5 cm³/mol. The number of nitrogens with zero attached hydrogens (tertiary/aromatic N) is 3. The zero-order valence-corrected chi connectivity index (χ0v) is 10.4. The molecule has 0 spiro atoms. The normalized spacial score (nSPS) is 9.31. The Morgan fingerprint density at radius 1 is 1.31 bits per heavy atom. The topological polar surface area (TPSA) is 39.9 Å². The molecule has 0 radical (unpaired) electrons. The van der Waals surface area contributed by atoms with Crippen molar-refractivity contribution >= 4 is 0 Å². The molecule has 0 fully saturated rings. The first-order chi connectivity index (χ1) is 5.86. The monoisotopic (exact) mass is 222 g/mol. The van der Waals surface area contributed by atoms with Crippen LogP contribution < -0.4 is 5.10 Å². The van der Waals surface area contributed by atoms with Crippen LogP contribution in [0.5, 0.6) is 0 Å². The van der Waals surface area contributed by atoms with E-state index in [0.717, 1.165) is 17.1 Å². The molecule has 0 N–H and O–H groups in total. The van der Waals surface area contributed by atoms with Gasteiger partial charge in [0, 0.05) is 37.1 Å². The Hall–Kier alpha value is -1.02. The molecule has 0 aromatic carbocycles. The third kappa shape index (κ3) is 2.22. The molecular formula is C9H8N3Zn-. The Kier molecular flexibility index (Phi) is 3.32. The predicted octanol–water partition coefficient (Wildman–Crippen LogP) is 1.41. The van der Waals surface area contributed by atoms with E-state index in [1.54, 1.807) is 6.20 Å². The fraction of sp³-hybridized carbons (Fsp3) is 0.111. The summed E-state index contributed by atoms with van der Waals surface area (Å²) in [6.45, 7) is 1.92. The molecule has 0 aliphatic heterocycles. The van der Waals surface area contributed by atoms with E-state index < -0.39 is 0 Å². The Morgan fingerprint density at radius 2 is 2.15 bits per heavy atom. The average Bonchev–Trinajstić information content (AvgIpc) is 2.54. The molecule has 0 bridgehead atoms. The van der Waals surface area contributed by atoms with Gasteiger partial charge in [0.2, 0.25) is 0 Å². The Bertz CT molecular complexity index is 369. The Balaban J connectivity index is 0.000000845.